The summed E-state index contributed by atoms with van der Waals surface area (Å²) in [6.45, 7) is 0. The van der Waals surface area contributed by atoms with Crippen molar-refractivity contribution in [1.82, 2.24) is 5.43 Å². The van der Waals surface area contributed by atoms with Crippen molar-refractivity contribution >= 4 is 34.8 Å². The monoisotopic (exact) mass is 300 g/mol. The summed E-state index contributed by atoms with van der Waals surface area (Å²) in [5, 5.41) is 1.85. The predicted octanol–water partition coefficient (Wildman–Crippen LogP) is 4.20. The second-order valence-electron chi connectivity index (χ2n) is 3.82. The lowest BCUT2D eigenvalue weighted by molar-refractivity contribution is 0.637. The normalized spacial score (nSPS) is 12.4. The molecule has 5 heteroatoms. The van der Waals surface area contributed by atoms with Crippen LogP contribution in [0.25, 0.3) is 0 Å². The second-order valence-corrected chi connectivity index (χ2v) is 5.10. The summed E-state index contributed by atoms with van der Waals surface area (Å²) in [5.41, 5.74) is 4.47. The molecule has 0 aliphatic heterocycles. The van der Waals surface area contributed by atoms with E-state index in [0.29, 0.717) is 15.1 Å². The Hall–Kier alpha value is -0.770. The van der Waals surface area contributed by atoms with Crippen molar-refractivity contribution in [2.24, 2.45) is 5.84 Å². The van der Waals surface area contributed by atoms with Gasteiger partial charge >= 0.3 is 0 Å². The molecule has 1 unspecified atom stereocenters. The van der Waals surface area contributed by atoms with Gasteiger partial charge in [0.25, 0.3) is 0 Å². The molecule has 1 atom stereocenters. The lowest BCUT2D eigenvalue weighted by Crippen LogP contribution is -2.29. The minimum atomic E-state index is -0.255. The van der Waals surface area contributed by atoms with Crippen LogP contribution in [0, 0.1) is 0 Å². The molecule has 0 radical (unpaired) electrons. The van der Waals surface area contributed by atoms with Crippen LogP contribution in [0.4, 0.5) is 0 Å². The molecule has 0 spiro atoms. The number of hydrazine groups is 1. The SMILES string of the molecule is NNC(c1cccc(Cl)c1)c1cc(Cl)ccc1Cl. The Bertz CT molecular complexity index is 558. The molecule has 18 heavy (non-hydrogen) atoms. The maximum atomic E-state index is 6.17. The molecule has 3 N–H and O–H groups in total. The third-order valence-corrected chi connectivity index (χ3v) is 3.43. The van der Waals surface area contributed by atoms with Gasteiger partial charge in [-0.1, -0.05) is 46.9 Å². The summed E-state index contributed by atoms with van der Waals surface area (Å²) in [4.78, 5) is 0. The van der Waals surface area contributed by atoms with E-state index in [4.69, 9.17) is 40.6 Å². The maximum absolute atomic E-state index is 6.17. The minimum absolute atomic E-state index is 0.255. The number of benzene rings is 2. The summed E-state index contributed by atoms with van der Waals surface area (Å²) in [6, 6.07) is 12.4. The van der Waals surface area contributed by atoms with Gasteiger partial charge in [0.2, 0.25) is 0 Å². The number of nitrogens with two attached hydrogens (primary N) is 1. The van der Waals surface area contributed by atoms with E-state index in [1.165, 1.54) is 0 Å². The van der Waals surface area contributed by atoms with Gasteiger partial charge in [-0.15, -0.1) is 0 Å². The highest BCUT2D eigenvalue weighted by molar-refractivity contribution is 6.33. The fraction of sp³-hybridized carbons (Fsp3) is 0.0769. The first-order chi connectivity index (χ1) is 8.61. The Morgan fingerprint density at radius 2 is 1.67 bits per heavy atom. The van der Waals surface area contributed by atoms with Gasteiger partial charge in [-0.05, 0) is 41.5 Å². The van der Waals surface area contributed by atoms with Crippen LogP contribution in [0.3, 0.4) is 0 Å². The number of nitrogens with one attached hydrogen (secondary N) is 1. The van der Waals surface area contributed by atoms with Crippen LogP contribution in [0.1, 0.15) is 17.2 Å². The van der Waals surface area contributed by atoms with Crippen LogP contribution < -0.4 is 11.3 Å². The molecule has 94 valence electrons. The topological polar surface area (TPSA) is 38.0 Å². The van der Waals surface area contributed by atoms with Crippen molar-refractivity contribution < 1.29 is 0 Å². The van der Waals surface area contributed by atoms with E-state index < -0.39 is 0 Å². The Kier molecular flexibility index (Phi) is 4.49. The molecule has 2 nitrogen and oxygen atoms in total. The molecule has 0 saturated carbocycles. The molecule has 0 amide bonds. The fourth-order valence-electron chi connectivity index (χ4n) is 1.79. The smallest absolute Gasteiger partial charge is 0.0725 e. The van der Waals surface area contributed by atoms with Gasteiger partial charge in [0.05, 0.1) is 6.04 Å². The van der Waals surface area contributed by atoms with E-state index in [9.17, 15) is 0 Å². The van der Waals surface area contributed by atoms with Crippen molar-refractivity contribution in [2.75, 3.05) is 0 Å². The number of halogens is 3. The zero-order valence-electron chi connectivity index (χ0n) is 9.33. The molecule has 0 aromatic heterocycles. The average Bonchev–Trinajstić information content (AvgIpc) is 2.35. The van der Waals surface area contributed by atoms with E-state index >= 15 is 0 Å². The lowest BCUT2D eigenvalue weighted by Gasteiger charge is -2.18. The van der Waals surface area contributed by atoms with Gasteiger partial charge in [-0.25, -0.2) is 5.43 Å². The molecule has 0 heterocycles. The molecule has 0 bridgehead atoms. The molecule has 2 aromatic carbocycles. The largest absolute Gasteiger partial charge is 0.271 e. The number of hydrogen-bond acceptors (Lipinski definition) is 2. The molecule has 2 aromatic rings. The average molecular weight is 302 g/mol. The predicted molar refractivity (Wildman–Crippen MR) is 77.1 cm³/mol. The van der Waals surface area contributed by atoms with Gasteiger partial charge in [0.15, 0.2) is 0 Å². The number of hydrogen-bond donors (Lipinski definition) is 2. The minimum Gasteiger partial charge on any atom is -0.271 e. The molecule has 0 fully saturated rings. The fourth-order valence-corrected chi connectivity index (χ4v) is 2.39. The van der Waals surface area contributed by atoms with Crippen LogP contribution in [0.15, 0.2) is 42.5 Å². The zero-order valence-corrected chi connectivity index (χ0v) is 11.6. The Morgan fingerprint density at radius 3 is 2.33 bits per heavy atom. The van der Waals surface area contributed by atoms with Crippen molar-refractivity contribution in [2.45, 2.75) is 6.04 Å². The maximum Gasteiger partial charge on any atom is 0.0725 e. The summed E-state index contributed by atoms with van der Waals surface area (Å²) in [6.07, 6.45) is 0. The van der Waals surface area contributed by atoms with Crippen LogP contribution in [-0.2, 0) is 0 Å². The molecule has 2 rings (SSSR count). The third kappa shape index (κ3) is 2.97. The van der Waals surface area contributed by atoms with E-state index in [1.807, 2.05) is 18.2 Å². The quantitative estimate of drug-likeness (QED) is 0.658. The first-order valence-corrected chi connectivity index (χ1v) is 6.41. The summed E-state index contributed by atoms with van der Waals surface area (Å²) >= 11 is 18.1. The Morgan fingerprint density at radius 1 is 0.944 bits per heavy atom. The van der Waals surface area contributed by atoms with Crippen molar-refractivity contribution in [3.63, 3.8) is 0 Å². The first kappa shape index (κ1) is 13.7. The van der Waals surface area contributed by atoms with Gasteiger partial charge in [-0.2, -0.15) is 0 Å². The Labute approximate surface area is 121 Å². The van der Waals surface area contributed by atoms with Crippen LogP contribution >= 0.6 is 34.8 Å². The summed E-state index contributed by atoms with van der Waals surface area (Å²) < 4.78 is 0. The van der Waals surface area contributed by atoms with Crippen molar-refractivity contribution in [3.05, 3.63) is 68.7 Å². The molecular formula is C13H11Cl3N2. The van der Waals surface area contributed by atoms with Gasteiger partial charge in [-0.3, -0.25) is 5.84 Å². The zero-order chi connectivity index (χ0) is 13.1. The highest BCUT2D eigenvalue weighted by Gasteiger charge is 2.16. The van der Waals surface area contributed by atoms with Crippen LogP contribution in [0.5, 0.6) is 0 Å². The van der Waals surface area contributed by atoms with E-state index in [1.54, 1.807) is 24.3 Å². The Balaban J connectivity index is 2.48. The van der Waals surface area contributed by atoms with E-state index in [2.05, 4.69) is 5.43 Å². The third-order valence-electron chi connectivity index (χ3n) is 2.62. The highest BCUT2D eigenvalue weighted by Crippen LogP contribution is 2.31. The molecular weight excluding hydrogens is 291 g/mol. The molecule has 0 aliphatic carbocycles. The van der Waals surface area contributed by atoms with Gasteiger partial charge in [0.1, 0.15) is 0 Å². The van der Waals surface area contributed by atoms with Crippen molar-refractivity contribution in [3.8, 4) is 0 Å². The molecule has 0 saturated heterocycles. The van der Waals surface area contributed by atoms with Gasteiger partial charge in [0, 0.05) is 15.1 Å². The van der Waals surface area contributed by atoms with Crippen LogP contribution in [-0.4, -0.2) is 0 Å². The first-order valence-electron chi connectivity index (χ1n) is 5.28. The van der Waals surface area contributed by atoms with Crippen molar-refractivity contribution in [1.29, 1.82) is 0 Å². The van der Waals surface area contributed by atoms with E-state index in [0.717, 1.165) is 11.1 Å². The second kappa shape index (κ2) is 5.91. The van der Waals surface area contributed by atoms with E-state index in [-0.39, 0.29) is 6.04 Å². The highest BCUT2D eigenvalue weighted by atomic mass is 35.5. The van der Waals surface area contributed by atoms with Gasteiger partial charge < -0.3 is 0 Å². The summed E-state index contributed by atoms with van der Waals surface area (Å²) in [7, 11) is 0. The number of rotatable bonds is 3. The molecule has 0 aliphatic rings. The lowest BCUT2D eigenvalue weighted by atomic mass is 9.99. The standard InChI is InChI=1S/C13H11Cl3N2/c14-9-3-1-2-8(6-9)13(18-17)11-7-10(15)4-5-12(11)16/h1-7,13,18H,17H2. The van der Waals surface area contributed by atoms with Crippen LogP contribution in [0.2, 0.25) is 15.1 Å². The summed E-state index contributed by atoms with van der Waals surface area (Å²) in [5.74, 6) is 5.61.